The molecule has 0 spiro atoms. The number of aromatic nitrogens is 4. The number of benzene rings is 2. The van der Waals surface area contributed by atoms with Gasteiger partial charge in [-0.2, -0.15) is 4.80 Å². The summed E-state index contributed by atoms with van der Waals surface area (Å²) < 4.78 is 6.62. The number of nitrogens with zero attached hydrogens (tertiary/aromatic N) is 4. The number of hydrogen-bond donors (Lipinski definition) is 1. The minimum Gasteiger partial charge on any atom is -0.492 e. The summed E-state index contributed by atoms with van der Waals surface area (Å²) in [7, 11) is 0. The Bertz CT molecular complexity index is 830. The molecule has 1 amide bonds. The first-order chi connectivity index (χ1) is 11.6. The molecular formula is C16H14BrN5O2. The first-order valence-corrected chi connectivity index (χ1v) is 7.97. The molecule has 0 bridgehead atoms. The van der Waals surface area contributed by atoms with Gasteiger partial charge in [0.2, 0.25) is 11.7 Å². The molecule has 0 radical (unpaired) electrons. The number of halogens is 1. The smallest absolute Gasteiger partial charge is 0.248 e. The lowest BCUT2D eigenvalue weighted by Crippen LogP contribution is -2.11. The standard InChI is InChI=1S/C16H14BrN5O2/c17-13-5-7-14(8-6-13)24-10-9-22-20-16(19-21-22)12-3-1-11(2-4-12)15(18)23/h1-8H,9-10H2,(H2,18,23). The SMILES string of the molecule is NC(=O)c1ccc(-c2nnn(CCOc3ccc(Br)cc3)n2)cc1. The molecular weight excluding hydrogens is 374 g/mol. The van der Waals surface area contributed by atoms with Crippen molar-refractivity contribution in [3.8, 4) is 17.1 Å². The van der Waals surface area contributed by atoms with E-state index in [4.69, 9.17) is 10.5 Å². The fraction of sp³-hybridized carbons (Fsp3) is 0.125. The zero-order valence-corrected chi connectivity index (χ0v) is 14.2. The molecule has 1 heterocycles. The van der Waals surface area contributed by atoms with Gasteiger partial charge in [-0.15, -0.1) is 10.2 Å². The zero-order chi connectivity index (χ0) is 16.9. The van der Waals surface area contributed by atoms with Crippen LogP contribution in [0.4, 0.5) is 0 Å². The number of ether oxygens (including phenoxy) is 1. The topological polar surface area (TPSA) is 95.9 Å². The molecule has 0 fully saturated rings. The summed E-state index contributed by atoms with van der Waals surface area (Å²) in [5.74, 6) is 0.790. The maximum Gasteiger partial charge on any atom is 0.248 e. The van der Waals surface area contributed by atoms with Crippen molar-refractivity contribution in [2.45, 2.75) is 6.54 Å². The second-order valence-electron chi connectivity index (χ2n) is 4.95. The normalized spacial score (nSPS) is 10.5. The van der Waals surface area contributed by atoms with E-state index in [0.717, 1.165) is 15.8 Å². The van der Waals surface area contributed by atoms with E-state index in [9.17, 15) is 4.79 Å². The highest BCUT2D eigenvalue weighted by Crippen LogP contribution is 2.16. The van der Waals surface area contributed by atoms with Gasteiger partial charge >= 0.3 is 0 Å². The highest BCUT2D eigenvalue weighted by atomic mass is 79.9. The first kappa shape index (κ1) is 16.1. The highest BCUT2D eigenvalue weighted by molar-refractivity contribution is 9.10. The van der Waals surface area contributed by atoms with E-state index in [2.05, 4.69) is 31.3 Å². The Labute approximate surface area is 146 Å². The molecule has 0 saturated heterocycles. The van der Waals surface area contributed by atoms with Crippen molar-refractivity contribution in [1.82, 2.24) is 20.2 Å². The molecule has 0 saturated carbocycles. The van der Waals surface area contributed by atoms with E-state index in [1.54, 1.807) is 24.3 Å². The maximum atomic E-state index is 11.1. The Morgan fingerprint density at radius 3 is 2.50 bits per heavy atom. The number of primary amides is 1. The molecule has 3 rings (SSSR count). The van der Waals surface area contributed by atoms with Crippen LogP contribution in [0.25, 0.3) is 11.4 Å². The van der Waals surface area contributed by atoms with Crippen molar-refractivity contribution in [2.75, 3.05) is 6.61 Å². The maximum absolute atomic E-state index is 11.1. The fourth-order valence-electron chi connectivity index (χ4n) is 2.01. The summed E-state index contributed by atoms with van der Waals surface area (Å²) in [4.78, 5) is 12.5. The molecule has 8 heteroatoms. The molecule has 0 aliphatic carbocycles. The van der Waals surface area contributed by atoms with E-state index in [0.29, 0.717) is 24.5 Å². The Hall–Kier alpha value is -2.74. The van der Waals surface area contributed by atoms with E-state index >= 15 is 0 Å². The minimum atomic E-state index is -0.469. The van der Waals surface area contributed by atoms with Crippen molar-refractivity contribution < 1.29 is 9.53 Å². The quantitative estimate of drug-likeness (QED) is 0.699. The Morgan fingerprint density at radius 2 is 1.83 bits per heavy atom. The van der Waals surface area contributed by atoms with Crippen molar-refractivity contribution in [2.24, 2.45) is 5.73 Å². The molecule has 7 nitrogen and oxygen atoms in total. The van der Waals surface area contributed by atoms with Gasteiger partial charge in [0.1, 0.15) is 12.4 Å². The van der Waals surface area contributed by atoms with Gasteiger partial charge < -0.3 is 10.5 Å². The minimum absolute atomic E-state index is 0.429. The molecule has 24 heavy (non-hydrogen) atoms. The monoisotopic (exact) mass is 387 g/mol. The van der Waals surface area contributed by atoms with Crippen LogP contribution in [0.5, 0.6) is 5.75 Å². The lowest BCUT2D eigenvalue weighted by molar-refractivity contribution is 0.100. The molecule has 2 N–H and O–H groups in total. The molecule has 3 aromatic rings. The van der Waals surface area contributed by atoms with Gasteiger partial charge in [-0.25, -0.2) is 0 Å². The van der Waals surface area contributed by atoms with Crippen LogP contribution in [-0.4, -0.2) is 32.7 Å². The van der Waals surface area contributed by atoms with Gasteiger partial charge in [-0.05, 0) is 41.6 Å². The van der Waals surface area contributed by atoms with Gasteiger partial charge in [0.25, 0.3) is 0 Å². The van der Waals surface area contributed by atoms with Gasteiger partial charge in [-0.1, -0.05) is 28.1 Å². The number of hydrogen-bond acceptors (Lipinski definition) is 5. The third-order valence-corrected chi connectivity index (χ3v) is 3.78. The summed E-state index contributed by atoms with van der Waals surface area (Å²) in [5, 5.41) is 12.3. The highest BCUT2D eigenvalue weighted by Gasteiger charge is 2.07. The molecule has 0 unspecified atom stereocenters. The molecule has 1 aromatic heterocycles. The van der Waals surface area contributed by atoms with Crippen LogP contribution in [0.15, 0.2) is 53.0 Å². The average molecular weight is 388 g/mol. The zero-order valence-electron chi connectivity index (χ0n) is 12.6. The number of tetrazole rings is 1. The van der Waals surface area contributed by atoms with Crippen LogP contribution in [0.1, 0.15) is 10.4 Å². The Morgan fingerprint density at radius 1 is 1.12 bits per heavy atom. The lowest BCUT2D eigenvalue weighted by atomic mass is 10.1. The third kappa shape index (κ3) is 3.96. The van der Waals surface area contributed by atoms with Crippen LogP contribution < -0.4 is 10.5 Å². The average Bonchev–Trinajstić information content (AvgIpc) is 3.06. The van der Waals surface area contributed by atoms with Gasteiger partial charge in [-0.3, -0.25) is 4.79 Å². The second kappa shape index (κ2) is 7.22. The van der Waals surface area contributed by atoms with Gasteiger partial charge in [0.05, 0.1) is 6.54 Å². The van der Waals surface area contributed by atoms with Crippen molar-refractivity contribution in [1.29, 1.82) is 0 Å². The molecule has 0 atom stereocenters. The Balaban J connectivity index is 1.59. The molecule has 0 aliphatic rings. The first-order valence-electron chi connectivity index (χ1n) is 7.18. The summed E-state index contributed by atoms with van der Waals surface area (Å²) in [5.41, 5.74) is 6.42. The van der Waals surface area contributed by atoms with E-state index < -0.39 is 5.91 Å². The summed E-state index contributed by atoms with van der Waals surface area (Å²) >= 11 is 3.37. The van der Waals surface area contributed by atoms with Crippen LogP contribution in [0.2, 0.25) is 0 Å². The van der Waals surface area contributed by atoms with Crippen LogP contribution in [0.3, 0.4) is 0 Å². The molecule has 2 aromatic carbocycles. The van der Waals surface area contributed by atoms with Crippen LogP contribution in [0, 0.1) is 0 Å². The van der Waals surface area contributed by atoms with E-state index in [-0.39, 0.29) is 0 Å². The molecule has 122 valence electrons. The second-order valence-corrected chi connectivity index (χ2v) is 5.87. The fourth-order valence-corrected chi connectivity index (χ4v) is 2.28. The number of carbonyl (C=O) groups is 1. The number of carbonyl (C=O) groups excluding carboxylic acids is 1. The summed E-state index contributed by atoms with van der Waals surface area (Å²) in [6.45, 7) is 0.903. The van der Waals surface area contributed by atoms with E-state index in [1.807, 2.05) is 24.3 Å². The van der Waals surface area contributed by atoms with Crippen molar-refractivity contribution in [3.05, 3.63) is 58.6 Å². The van der Waals surface area contributed by atoms with E-state index in [1.165, 1.54) is 4.80 Å². The van der Waals surface area contributed by atoms with Crippen molar-refractivity contribution >= 4 is 21.8 Å². The molecule has 0 aliphatic heterocycles. The number of rotatable bonds is 6. The Kier molecular flexibility index (Phi) is 4.85. The van der Waals surface area contributed by atoms with Gasteiger partial charge in [0.15, 0.2) is 0 Å². The lowest BCUT2D eigenvalue weighted by Gasteiger charge is -2.04. The van der Waals surface area contributed by atoms with Crippen molar-refractivity contribution in [3.63, 3.8) is 0 Å². The predicted molar refractivity (Wildman–Crippen MR) is 91.4 cm³/mol. The van der Waals surface area contributed by atoms with Gasteiger partial charge in [0, 0.05) is 15.6 Å². The number of amides is 1. The van der Waals surface area contributed by atoms with Crippen LogP contribution >= 0.6 is 15.9 Å². The third-order valence-electron chi connectivity index (χ3n) is 3.25. The summed E-state index contributed by atoms with van der Waals surface area (Å²) in [6.07, 6.45) is 0. The largest absolute Gasteiger partial charge is 0.492 e. The number of nitrogens with two attached hydrogens (primary N) is 1. The summed E-state index contributed by atoms with van der Waals surface area (Å²) in [6, 6.07) is 14.3. The van der Waals surface area contributed by atoms with Crippen LogP contribution in [-0.2, 0) is 6.54 Å². The predicted octanol–water partition coefficient (Wildman–Crippen LogP) is 2.28.